The monoisotopic (exact) mass is 333 g/mol. The smallest absolute Gasteiger partial charge is 0.338 e. The fourth-order valence-corrected chi connectivity index (χ4v) is 2.32. The molecule has 0 aliphatic rings. The third kappa shape index (κ3) is 4.89. The van der Waals surface area contributed by atoms with Crippen molar-refractivity contribution in [3.63, 3.8) is 0 Å². The maximum Gasteiger partial charge on any atom is 0.338 e. The molecule has 23 heavy (non-hydrogen) atoms. The maximum absolute atomic E-state index is 12.0. The van der Waals surface area contributed by atoms with Gasteiger partial charge in [0.2, 0.25) is 0 Å². The average Bonchev–Trinajstić information content (AvgIpc) is 2.59. The summed E-state index contributed by atoms with van der Waals surface area (Å²) in [6, 6.07) is 14.5. The first kappa shape index (κ1) is 17.2. The van der Waals surface area contributed by atoms with Crippen molar-refractivity contribution in [1.82, 2.24) is 0 Å². The van der Waals surface area contributed by atoms with E-state index in [0.29, 0.717) is 23.7 Å². The van der Waals surface area contributed by atoms with Gasteiger partial charge in [0.05, 0.1) is 19.2 Å². The van der Waals surface area contributed by atoms with E-state index in [9.17, 15) is 4.79 Å². The highest BCUT2D eigenvalue weighted by Crippen LogP contribution is 2.20. The van der Waals surface area contributed by atoms with Crippen LogP contribution in [0.5, 0.6) is 5.75 Å². The second-order valence-corrected chi connectivity index (χ2v) is 5.36. The summed E-state index contributed by atoms with van der Waals surface area (Å²) in [5.41, 5.74) is 1.54. The van der Waals surface area contributed by atoms with Crippen molar-refractivity contribution in [1.29, 1.82) is 0 Å². The van der Waals surface area contributed by atoms with Crippen LogP contribution in [0.2, 0.25) is 5.02 Å². The van der Waals surface area contributed by atoms with Gasteiger partial charge in [0.1, 0.15) is 12.4 Å². The van der Waals surface area contributed by atoms with Gasteiger partial charge in [-0.05, 0) is 43.3 Å². The molecule has 2 aromatic rings. The zero-order chi connectivity index (χ0) is 16.7. The number of ether oxygens (including phenoxy) is 2. The first-order valence-electron chi connectivity index (χ1n) is 7.45. The van der Waals surface area contributed by atoms with Gasteiger partial charge in [-0.2, -0.15) is 0 Å². The quantitative estimate of drug-likeness (QED) is 0.717. The molecule has 0 spiro atoms. The molecule has 0 aromatic heterocycles. The van der Waals surface area contributed by atoms with Crippen molar-refractivity contribution < 1.29 is 14.3 Å². The molecule has 0 atom stereocenters. The van der Waals surface area contributed by atoms with Crippen molar-refractivity contribution in [2.75, 3.05) is 31.7 Å². The van der Waals surface area contributed by atoms with E-state index in [4.69, 9.17) is 21.1 Å². The van der Waals surface area contributed by atoms with Crippen molar-refractivity contribution in [2.45, 2.75) is 6.92 Å². The fourth-order valence-electron chi connectivity index (χ4n) is 2.19. The van der Waals surface area contributed by atoms with Crippen molar-refractivity contribution >= 4 is 23.3 Å². The number of benzene rings is 2. The van der Waals surface area contributed by atoms with Crippen LogP contribution in [0.3, 0.4) is 0 Å². The number of hydrogen-bond donors (Lipinski definition) is 0. The van der Waals surface area contributed by atoms with Crippen molar-refractivity contribution in [2.24, 2.45) is 0 Å². The summed E-state index contributed by atoms with van der Waals surface area (Å²) in [5.74, 6) is 0.461. The number of carbonyl (C=O) groups is 1. The van der Waals surface area contributed by atoms with E-state index < -0.39 is 0 Å². The first-order valence-corrected chi connectivity index (χ1v) is 7.83. The van der Waals surface area contributed by atoms with Gasteiger partial charge in [0.15, 0.2) is 0 Å². The van der Waals surface area contributed by atoms with Crippen molar-refractivity contribution in [3.8, 4) is 5.75 Å². The third-order valence-electron chi connectivity index (χ3n) is 3.47. The minimum atomic E-state index is -0.344. The minimum absolute atomic E-state index is 0.312. The molecule has 0 heterocycles. The lowest BCUT2D eigenvalue weighted by Crippen LogP contribution is -2.28. The summed E-state index contributed by atoms with van der Waals surface area (Å²) in [6.07, 6.45) is 0. The van der Waals surface area contributed by atoms with Crippen LogP contribution in [-0.4, -0.2) is 32.8 Å². The zero-order valence-corrected chi connectivity index (χ0v) is 14.0. The van der Waals surface area contributed by atoms with Gasteiger partial charge in [0.25, 0.3) is 0 Å². The fraction of sp³-hybridized carbons (Fsp3) is 0.278. The molecule has 0 unspecified atom stereocenters. The topological polar surface area (TPSA) is 38.8 Å². The highest BCUT2D eigenvalue weighted by atomic mass is 35.5. The Morgan fingerprint density at radius 2 is 1.91 bits per heavy atom. The SMILES string of the molecule is CCN(CCOC(=O)c1ccc(Cl)cc1)c1cccc(OC)c1. The van der Waals surface area contributed by atoms with Crippen LogP contribution in [0.1, 0.15) is 17.3 Å². The first-order chi connectivity index (χ1) is 11.1. The van der Waals surface area contributed by atoms with Gasteiger partial charge in [-0.1, -0.05) is 17.7 Å². The van der Waals surface area contributed by atoms with E-state index in [1.165, 1.54) is 0 Å². The van der Waals surface area contributed by atoms with E-state index in [-0.39, 0.29) is 5.97 Å². The summed E-state index contributed by atoms with van der Waals surface area (Å²) >= 11 is 5.80. The molecule has 0 bridgehead atoms. The summed E-state index contributed by atoms with van der Waals surface area (Å²) in [5, 5.41) is 0.594. The predicted octanol–water partition coefficient (Wildman–Crippen LogP) is 4.03. The number of anilines is 1. The largest absolute Gasteiger partial charge is 0.497 e. The molecule has 2 aromatic carbocycles. The normalized spacial score (nSPS) is 10.2. The van der Waals surface area contributed by atoms with Gasteiger partial charge in [-0.15, -0.1) is 0 Å². The molecule has 5 heteroatoms. The molecule has 0 saturated heterocycles. The number of carbonyl (C=O) groups excluding carboxylic acids is 1. The highest BCUT2D eigenvalue weighted by Gasteiger charge is 2.09. The molecular weight excluding hydrogens is 314 g/mol. The minimum Gasteiger partial charge on any atom is -0.497 e. The number of hydrogen-bond acceptors (Lipinski definition) is 4. The van der Waals surface area contributed by atoms with E-state index in [1.807, 2.05) is 24.3 Å². The third-order valence-corrected chi connectivity index (χ3v) is 3.73. The van der Waals surface area contributed by atoms with Gasteiger partial charge in [-0.3, -0.25) is 0 Å². The summed E-state index contributed by atoms with van der Waals surface area (Å²) in [7, 11) is 1.64. The number of esters is 1. The Labute approximate surface area is 141 Å². The predicted molar refractivity (Wildman–Crippen MR) is 92.6 cm³/mol. The molecule has 2 rings (SSSR count). The molecule has 0 saturated carbocycles. The number of likely N-dealkylation sites (N-methyl/N-ethyl adjacent to an activating group) is 1. The van der Waals surface area contributed by atoms with Crippen LogP contribution in [-0.2, 0) is 4.74 Å². The standard InChI is InChI=1S/C18H20ClNO3/c1-3-20(16-5-4-6-17(13-16)22-2)11-12-23-18(21)14-7-9-15(19)10-8-14/h4-10,13H,3,11-12H2,1-2H3. The van der Waals surface area contributed by atoms with Crippen molar-refractivity contribution in [3.05, 3.63) is 59.1 Å². The van der Waals surface area contributed by atoms with Crippen LogP contribution in [0.15, 0.2) is 48.5 Å². The number of methoxy groups -OCH3 is 1. The van der Waals surface area contributed by atoms with Gasteiger partial charge >= 0.3 is 5.97 Å². The molecule has 0 fully saturated rings. The lowest BCUT2D eigenvalue weighted by Gasteiger charge is -2.23. The van der Waals surface area contributed by atoms with E-state index >= 15 is 0 Å². The second-order valence-electron chi connectivity index (χ2n) is 4.92. The molecule has 122 valence electrons. The summed E-state index contributed by atoms with van der Waals surface area (Å²) in [4.78, 5) is 14.1. The Hall–Kier alpha value is -2.20. The van der Waals surface area contributed by atoms with Crippen LogP contribution >= 0.6 is 11.6 Å². The summed E-state index contributed by atoms with van der Waals surface area (Å²) < 4.78 is 10.6. The molecule has 0 aliphatic carbocycles. The molecule has 4 nitrogen and oxygen atoms in total. The zero-order valence-electron chi connectivity index (χ0n) is 13.3. The van der Waals surface area contributed by atoms with Crippen LogP contribution in [0.25, 0.3) is 0 Å². The number of nitrogens with zero attached hydrogens (tertiary/aromatic N) is 1. The highest BCUT2D eigenvalue weighted by molar-refractivity contribution is 6.30. The molecule has 0 radical (unpaired) electrons. The van der Waals surface area contributed by atoms with Gasteiger partial charge in [-0.25, -0.2) is 4.79 Å². The van der Waals surface area contributed by atoms with E-state index in [0.717, 1.165) is 18.0 Å². The Bertz CT molecular complexity index is 643. The molecule has 0 N–H and O–H groups in total. The Kier molecular flexibility index (Phi) is 6.29. The number of rotatable bonds is 7. The maximum atomic E-state index is 12.0. The van der Waals surface area contributed by atoms with Crippen LogP contribution in [0, 0.1) is 0 Å². The van der Waals surface area contributed by atoms with Gasteiger partial charge in [0, 0.05) is 23.3 Å². The number of halogens is 1. The lowest BCUT2D eigenvalue weighted by atomic mass is 10.2. The molecule has 0 amide bonds. The average molecular weight is 334 g/mol. The van der Waals surface area contributed by atoms with Crippen LogP contribution in [0.4, 0.5) is 5.69 Å². The van der Waals surface area contributed by atoms with Gasteiger partial charge < -0.3 is 14.4 Å². The van der Waals surface area contributed by atoms with E-state index in [2.05, 4.69) is 11.8 Å². The summed E-state index contributed by atoms with van der Waals surface area (Å²) in [6.45, 7) is 3.79. The van der Waals surface area contributed by atoms with E-state index in [1.54, 1.807) is 31.4 Å². The molecule has 0 aliphatic heterocycles. The second kappa shape index (κ2) is 8.44. The Balaban J connectivity index is 1.90. The lowest BCUT2D eigenvalue weighted by molar-refractivity contribution is 0.0515. The van der Waals surface area contributed by atoms with Crippen LogP contribution < -0.4 is 9.64 Å². The Morgan fingerprint density at radius 1 is 1.17 bits per heavy atom. The Morgan fingerprint density at radius 3 is 2.57 bits per heavy atom. The molecular formula is C18H20ClNO3.